The van der Waals surface area contributed by atoms with Crippen LogP contribution in [0.25, 0.3) is 0 Å². The van der Waals surface area contributed by atoms with Crippen molar-refractivity contribution < 1.29 is 9.18 Å². The van der Waals surface area contributed by atoms with E-state index < -0.39 is 11.7 Å². The highest BCUT2D eigenvalue weighted by Gasteiger charge is 2.12. The number of pyridine rings is 1. The topological polar surface area (TPSA) is 42.0 Å². The summed E-state index contributed by atoms with van der Waals surface area (Å²) in [6.07, 6.45) is 2.44. The number of carbonyl (C=O) groups excluding carboxylic acids is 1. The van der Waals surface area contributed by atoms with Crippen molar-refractivity contribution in [1.29, 1.82) is 0 Å². The van der Waals surface area contributed by atoms with Crippen molar-refractivity contribution in [3.05, 3.63) is 56.6 Å². The highest BCUT2D eigenvalue weighted by molar-refractivity contribution is 14.1. The van der Waals surface area contributed by atoms with Gasteiger partial charge in [-0.15, -0.1) is 0 Å². The smallest absolute Gasteiger partial charge is 0.256 e. The maximum atomic E-state index is 13.3. The summed E-state index contributed by atoms with van der Waals surface area (Å²) in [7, 11) is 0. The standard InChI is InChI=1S/C12H7ClFIN2O/c13-7-1-2-10(15)8(5-7)12(18)17-11-3-4-16-6-9(11)14/h1-6H,(H,16,17,18). The van der Waals surface area contributed by atoms with Crippen molar-refractivity contribution in [1.82, 2.24) is 4.98 Å². The number of rotatable bonds is 2. The molecule has 0 atom stereocenters. The zero-order valence-electron chi connectivity index (χ0n) is 8.95. The lowest BCUT2D eigenvalue weighted by Gasteiger charge is -2.07. The number of amides is 1. The molecule has 0 saturated heterocycles. The molecule has 0 fully saturated rings. The van der Waals surface area contributed by atoms with E-state index in [0.29, 0.717) is 10.6 Å². The van der Waals surface area contributed by atoms with E-state index in [1.165, 1.54) is 18.3 Å². The van der Waals surface area contributed by atoms with Gasteiger partial charge in [-0.2, -0.15) is 0 Å². The Bertz CT molecular complexity index is 606. The van der Waals surface area contributed by atoms with Gasteiger partial charge in [0.05, 0.1) is 17.4 Å². The molecular formula is C12H7ClFIN2O. The summed E-state index contributed by atoms with van der Waals surface area (Å²) >= 11 is 7.85. The zero-order chi connectivity index (χ0) is 13.1. The number of aromatic nitrogens is 1. The quantitative estimate of drug-likeness (QED) is 0.812. The van der Waals surface area contributed by atoms with Gasteiger partial charge in [-0.25, -0.2) is 4.39 Å². The first-order valence-corrected chi connectivity index (χ1v) is 6.39. The number of nitrogens with zero attached hydrogens (tertiary/aromatic N) is 1. The van der Waals surface area contributed by atoms with Crippen LogP contribution in [0.1, 0.15) is 10.4 Å². The Balaban J connectivity index is 2.28. The Morgan fingerprint density at radius 2 is 2.17 bits per heavy atom. The second kappa shape index (κ2) is 5.62. The number of anilines is 1. The third-order valence-electron chi connectivity index (χ3n) is 2.19. The molecule has 0 aliphatic rings. The molecule has 0 unspecified atom stereocenters. The number of nitrogens with one attached hydrogen (secondary N) is 1. The lowest BCUT2D eigenvalue weighted by Crippen LogP contribution is -2.14. The van der Waals surface area contributed by atoms with E-state index in [1.807, 2.05) is 22.6 Å². The Kier molecular flexibility index (Phi) is 4.13. The summed E-state index contributed by atoms with van der Waals surface area (Å²) in [6.45, 7) is 0. The van der Waals surface area contributed by atoms with Crippen LogP contribution in [0.4, 0.5) is 10.1 Å². The van der Waals surface area contributed by atoms with Crippen molar-refractivity contribution in [2.24, 2.45) is 0 Å². The summed E-state index contributed by atoms with van der Waals surface area (Å²) < 4.78 is 14.1. The number of hydrogen-bond acceptors (Lipinski definition) is 2. The normalized spacial score (nSPS) is 10.2. The highest BCUT2D eigenvalue weighted by Crippen LogP contribution is 2.20. The number of benzene rings is 1. The minimum Gasteiger partial charge on any atom is -0.319 e. The first-order valence-electron chi connectivity index (χ1n) is 4.94. The monoisotopic (exact) mass is 376 g/mol. The lowest BCUT2D eigenvalue weighted by atomic mass is 10.2. The van der Waals surface area contributed by atoms with Gasteiger partial charge in [-0.1, -0.05) is 11.6 Å². The van der Waals surface area contributed by atoms with Crippen LogP contribution in [0, 0.1) is 9.39 Å². The van der Waals surface area contributed by atoms with Gasteiger partial charge >= 0.3 is 0 Å². The second-order valence-electron chi connectivity index (χ2n) is 3.43. The van der Waals surface area contributed by atoms with Crippen LogP contribution in [0.2, 0.25) is 5.02 Å². The summed E-state index contributed by atoms with van der Waals surface area (Å²) in [6, 6.07) is 6.34. The summed E-state index contributed by atoms with van der Waals surface area (Å²) in [5.74, 6) is -0.991. The minimum absolute atomic E-state index is 0.0887. The molecular weight excluding hydrogens is 369 g/mol. The van der Waals surface area contributed by atoms with Crippen molar-refractivity contribution >= 4 is 45.8 Å². The number of halogens is 3. The molecule has 6 heteroatoms. The van der Waals surface area contributed by atoms with Gasteiger partial charge in [0, 0.05) is 14.8 Å². The molecule has 1 aromatic carbocycles. The third kappa shape index (κ3) is 2.97. The summed E-state index contributed by atoms with van der Waals surface area (Å²) in [4.78, 5) is 15.6. The molecule has 18 heavy (non-hydrogen) atoms. The van der Waals surface area contributed by atoms with Crippen molar-refractivity contribution in [3.63, 3.8) is 0 Å². The van der Waals surface area contributed by atoms with E-state index in [2.05, 4.69) is 10.3 Å². The van der Waals surface area contributed by atoms with Crippen LogP contribution < -0.4 is 5.32 Å². The molecule has 0 spiro atoms. The van der Waals surface area contributed by atoms with Crippen molar-refractivity contribution in [2.75, 3.05) is 5.32 Å². The summed E-state index contributed by atoms with van der Waals surface area (Å²) in [5.41, 5.74) is 0.491. The van der Waals surface area contributed by atoms with Gasteiger partial charge in [-0.05, 0) is 46.9 Å². The Hall–Kier alpha value is -1.21. The molecule has 2 aromatic rings. The fourth-order valence-corrected chi connectivity index (χ4v) is 2.09. The minimum atomic E-state index is -0.581. The molecule has 0 radical (unpaired) electrons. The second-order valence-corrected chi connectivity index (χ2v) is 5.03. The van der Waals surface area contributed by atoms with Gasteiger partial charge in [0.2, 0.25) is 0 Å². The fourth-order valence-electron chi connectivity index (χ4n) is 1.34. The lowest BCUT2D eigenvalue weighted by molar-refractivity contribution is 0.102. The molecule has 0 aliphatic carbocycles. The van der Waals surface area contributed by atoms with Crippen molar-refractivity contribution in [3.8, 4) is 0 Å². The molecule has 1 aromatic heterocycles. The van der Waals surface area contributed by atoms with Gasteiger partial charge in [-0.3, -0.25) is 9.78 Å². The molecule has 1 heterocycles. The molecule has 1 N–H and O–H groups in total. The average Bonchev–Trinajstić information content (AvgIpc) is 2.35. The summed E-state index contributed by atoms with van der Waals surface area (Å²) in [5, 5.41) is 2.93. The van der Waals surface area contributed by atoms with E-state index in [4.69, 9.17) is 11.6 Å². The first kappa shape index (κ1) is 13.2. The van der Waals surface area contributed by atoms with E-state index >= 15 is 0 Å². The molecule has 92 valence electrons. The predicted octanol–water partition coefficient (Wildman–Crippen LogP) is 3.73. The zero-order valence-corrected chi connectivity index (χ0v) is 11.9. The Morgan fingerprint density at radius 1 is 1.39 bits per heavy atom. The molecule has 0 bridgehead atoms. The number of hydrogen-bond donors (Lipinski definition) is 1. The average molecular weight is 377 g/mol. The van der Waals surface area contributed by atoms with Crippen LogP contribution in [0.5, 0.6) is 0 Å². The van der Waals surface area contributed by atoms with Crippen LogP contribution in [0.15, 0.2) is 36.7 Å². The van der Waals surface area contributed by atoms with E-state index in [-0.39, 0.29) is 5.69 Å². The molecule has 0 aliphatic heterocycles. The van der Waals surface area contributed by atoms with E-state index in [0.717, 1.165) is 9.77 Å². The van der Waals surface area contributed by atoms with Crippen LogP contribution in [-0.2, 0) is 0 Å². The molecule has 1 amide bonds. The van der Waals surface area contributed by atoms with Gasteiger partial charge < -0.3 is 5.32 Å². The van der Waals surface area contributed by atoms with E-state index in [1.54, 1.807) is 12.1 Å². The Labute approximate surface area is 122 Å². The maximum Gasteiger partial charge on any atom is 0.256 e. The molecule has 3 nitrogen and oxygen atoms in total. The van der Waals surface area contributed by atoms with Gasteiger partial charge in [0.25, 0.3) is 5.91 Å². The third-order valence-corrected chi connectivity index (χ3v) is 3.37. The SMILES string of the molecule is O=C(Nc1ccncc1F)c1cc(Cl)ccc1I. The van der Waals surface area contributed by atoms with Crippen molar-refractivity contribution in [2.45, 2.75) is 0 Å². The highest BCUT2D eigenvalue weighted by atomic mass is 127. The van der Waals surface area contributed by atoms with Gasteiger partial charge in [0.15, 0.2) is 5.82 Å². The fraction of sp³-hybridized carbons (Fsp3) is 0. The number of carbonyl (C=O) groups is 1. The van der Waals surface area contributed by atoms with E-state index in [9.17, 15) is 9.18 Å². The van der Waals surface area contributed by atoms with Crippen LogP contribution in [0.3, 0.4) is 0 Å². The maximum absolute atomic E-state index is 13.3. The molecule has 2 rings (SSSR count). The van der Waals surface area contributed by atoms with Gasteiger partial charge in [0.1, 0.15) is 0 Å². The van der Waals surface area contributed by atoms with Crippen LogP contribution in [-0.4, -0.2) is 10.9 Å². The van der Waals surface area contributed by atoms with Crippen LogP contribution >= 0.6 is 34.2 Å². The largest absolute Gasteiger partial charge is 0.319 e. The predicted molar refractivity (Wildman–Crippen MR) is 76.3 cm³/mol. The first-order chi connectivity index (χ1) is 8.58. The molecule has 0 saturated carbocycles. The Morgan fingerprint density at radius 3 is 2.89 bits per heavy atom.